The standard InChI is InChI=1S/C16H19NO2/c1-12(9-16(18)19)10-17-11-14-7-4-6-13-5-2-3-8-15(13)14/h2-8,12,17H,9-11H2,1H3,(H,18,19). The van der Waals surface area contributed by atoms with Crippen LogP contribution in [0.4, 0.5) is 0 Å². The minimum Gasteiger partial charge on any atom is -0.481 e. The zero-order valence-corrected chi connectivity index (χ0v) is 11.1. The Morgan fingerprint density at radius 2 is 1.95 bits per heavy atom. The van der Waals surface area contributed by atoms with Crippen molar-refractivity contribution < 1.29 is 9.90 Å². The molecule has 0 aliphatic carbocycles. The zero-order chi connectivity index (χ0) is 13.7. The van der Waals surface area contributed by atoms with E-state index in [0.717, 1.165) is 13.1 Å². The summed E-state index contributed by atoms with van der Waals surface area (Å²) in [5.74, 6) is -0.591. The van der Waals surface area contributed by atoms with Crippen molar-refractivity contribution in [2.24, 2.45) is 5.92 Å². The molecule has 2 rings (SSSR count). The molecule has 2 aromatic rings. The lowest BCUT2D eigenvalue weighted by Crippen LogP contribution is -2.22. The highest BCUT2D eigenvalue weighted by molar-refractivity contribution is 5.85. The first-order valence-corrected chi connectivity index (χ1v) is 6.56. The monoisotopic (exact) mass is 257 g/mol. The third kappa shape index (κ3) is 3.80. The highest BCUT2D eigenvalue weighted by atomic mass is 16.4. The second-order valence-corrected chi connectivity index (χ2v) is 4.97. The quantitative estimate of drug-likeness (QED) is 0.836. The maximum Gasteiger partial charge on any atom is 0.303 e. The van der Waals surface area contributed by atoms with E-state index in [9.17, 15) is 4.79 Å². The highest BCUT2D eigenvalue weighted by Crippen LogP contribution is 2.18. The van der Waals surface area contributed by atoms with Crippen LogP contribution in [0.25, 0.3) is 10.8 Å². The van der Waals surface area contributed by atoms with E-state index in [1.807, 2.05) is 19.1 Å². The van der Waals surface area contributed by atoms with E-state index in [1.165, 1.54) is 16.3 Å². The van der Waals surface area contributed by atoms with Crippen molar-refractivity contribution in [3.8, 4) is 0 Å². The summed E-state index contributed by atoms with van der Waals surface area (Å²) in [6.07, 6.45) is 0.211. The molecule has 0 aliphatic heterocycles. The molecule has 2 N–H and O–H groups in total. The average Bonchev–Trinajstić information content (AvgIpc) is 2.38. The molecular formula is C16H19NO2. The third-order valence-corrected chi connectivity index (χ3v) is 3.21. The van der Waals surface area contributed by atoms with Crippen LogP contribution in [0.1, 0.15) is 18.9 Å². The van der Waals surface area contributed by atoms with Crippen LogP contribution in [-0.2, 0) is 11.3 Å². The minimum atomic E-state index is -0.737. The van der Waals surface area contributed by atoms with Gasteiger partial charge in [-0.15, -0.1) is 0 Å². The number of aliphatic carboxylic acids is 1. The molecule has 3 heteroatoms. The molecule has 1 atom stereocenters. The maximum absolute atomic E-state index is 10.6. The Morgan fingerprint density at radius 1 is 1.21 bits per heavy atom. The van der Waals surface area contributed by atoms with Gasteiger partial charge in [0.15, 0.2) is 0 Å². The summed E-state index contributed by atoms with van der Waals surface area (Å²) in [5, 5.41) is 14.5. The second kappa shape index (κ2) is 6.34. The highest BCUT2D eigenvalue weighted by Gasteiger charge is 2.07. The Kier molecular flexibility index (Phi) is 4.53. The van der Waals surface area contributed by atoms with Gasteiger partial charge in [0.2, 0.25) is 0 Å². The number of hydrogen-bond acceptors (Lipinski definition) is 2. The van der Waals surface area contributed by atoms with Crippen molar-refractivity contribution in [1.82, 2.24) is 5.32 Å². The lowest BCUT2D eigenvalue weighted by Gasteiger charge is -2.11. The van der Waals surface area contributed by atoms with Crippen molar-refractivity contribution in [2.45, 2.75) is 19.9 Å². The molecule has 2 aromatic carbocycles. The normalized spacial score (nSPS) is 12.5. The van der Waals surface area contributed by atoms with Gasteiger partial charge < -0.3 is 10.4 Å². The van der Waals surface area contributed by atoms with Crippen LogP contribution in [0.2, 0.25) is 0 Å². The molecule has 0 radical (unpaired) electrons. The Labute approximate surface area is 113 Å². The summed E-state index contributed by atoms with van der Waals surface area (Å²) in [7, 11) is 0. The van der Waals surface area contributed by atoms with Crippen molar-refractivity contribution in [2.75, 3.05) is 6.54 Å². The summed E-state index contributed by atoms with van der Waals surface area (Å²) < 4.78 is 0. The molecule has 1 unspecified atom stereocenters. The van der Waals surface area contributed by atoms with Crippen LogP contribution in [-0.4, -0.2) is 17.6 Å². The molecule has 0 amide bonds. The van der Waals surface area contributed by atoms with Crippen LogP contribution >= 0.6 is 0 Å². The number of rotatable bonds is 6. The van der Waals surface area contributed by atoms with Crippen LogP contribution in [0.5, 0.6) is 0 Å². The predicted octanol–water partition coefficient (Wildman–Crippen LogP) is 3.04. The lowest BCUT2D eigenvalue weighted by atomic mass is 10.0. The van der Waals surface area contributed by atoms with Crippen molar-refractivity contribution >= 4 is 16.7 Å². The van der Waals surface area contributed by atoms with Gasteiger partial charge in [0, 0.05) is 13.0 Å². The van der Waals surface area contributed by atoms with E-state index in [1.54, 1.807) is 0 Å². The molecule has 0 saturated heterocycles. The lowest BCUT2D eigenvalue weighted by molar-refractivity contribution is -0.137. The fraction of sp³-hybridized carbons (Fsp3) is 0.312. The summed E-state index contributed by atoms with van der Waals surface area (Å²) in [6, 6.07) is 14.6. The molecule has 0 aromatic heterocycles. The van der Waals surface area contributed by atoms with Crippen LogP contribution in [0.15, 0.2) is 42.5 Å². The topological polar surface area (TPSA) is 49.3 Å². The fourth-order valence-electron chi connectivity index (χ4n) is 2.27. The first-order chi connectivity index (χ1) is 9.16. The van der Waals surface area contributed by atoms with Gasteiger partial charge in [-0.2, -0.15) is 0 Å². The molecule has 3 nitrogen and oxygen atoms in total. The number of carbonyl (C=O) groups is 1. The smallest absolute Gasteiger partial charge is 0.303 e. The maximum atomic E-state index is 10.6. The second-order valence-electron chi connectivity index (χ2n) is 4.97. The van der Waals surface area contributed by atoms with E-state index in [4.69, 9.17) is 5.11 Å². The molecule has 0 bridgehead atoms. The third-order valence-electron chi connectivity index (χ3n) is 3.21. The van der Waals surface area contributed by atoms with Gasteiger partial charge in [-0.1, -0.05) is 49.4 Å². The van der Waals surface area contributed by atoms with E-state index < -0.39 is 5.97 Å². The Bertz CT molecular complexity index is 560. The number of hydrogen-bond donors (Lipinski definition) is 2. The van der Waals surface area contributed by atoms with Gasteiger partial charge in [0.25, 0.3) is 0 Å². The Morgan fingerprint density at radius 3 is 2.74 bits per heavy atom. The number of benzene rings is 2. The fourth-order valence-corrected chi connectivity index (χ4v) is 2.27. The number of nitrogens with one attached hydrogen (secondary N) is 1. The van der Waals surface area contributed by atoms with E-state index >= 15 is 0 Å². The zero-order valence-electron chi connectivity index (χ0n) is 11.1. The minimum absolute atomic E-state index is 0.146. The van der Waals surface area contributed by atoms with E-state index in [-0.39, 0.29) is 12.3 Å². The predicted molar refractivity (Wildman–Crippen MR) is 77.1 cm³/mol. The van der Waals surface area contributed by atoms with Crippen molar-refractivity contribution in [1.29, 1.82) is 0 Å². The summed E-state index contributed by atoms with van der Waals surface area (Å²) in [6.45, 7) is 3.44. The molecule has 0 aliphatic rings. The molecule has 0 saturated carbocycles. The van der Waals surface area contributed by atoms with Crippen LogP contribution in [0, 0.1) is 5.92 Å². The SMILES string of the molecule is CC(CNCc1cccc2ccccc12)CC(=O)O. The number of fused-ring (bicyclic) bond motifs is 1. The molecule has 0 fully saturated rings. The van der Waals surface area contributed by atoms with Gasteiger partial charge in [-0.25, -0.2) is 0 Å². The molecule has 100 valence electrons. The Balaban J connectivity index is 1.97. The first kappa shape index (κ1) is 13.6. The number of carboxylic acid groups (broad SMARTS) is 1. The van der Waals surface area contributed by atoms with Gasteiger partial charge >= 0.3 is 5.97 Å². The van der Waals surface area contributed by atoms with Gasteiger partial charge in [0.05, 0.1) is 0 Å². The van der Waals surface area contributed by atoms with Gasteiger partial charge in [-0.3, -0.25) is 4.79 Å². The largest absolute Gasteiger partial charge is 0.481 e. The summed E-state index contributed by atoms with van der Waals surface area (Å²) in [4.78, 5) is 10.6. The summed E-state index contributed by atoms with van der Waals surface area (Å²) >= 11 is 0. The molecule has 19 heavy (non-hydrogen) atoms. The van der Waals surface area contributed by atoms with E-state index in [2.05, 4.69) is 35.6 Å². The summed E-state index contributed by atoms with van der Waals surface area (Å²) in [5.41, 5.74) is 1.25. The van der Waals surface area contributed by atoms with Crippen LogP contribution < -0.4 is 5.32 Å². The first-order valence-electron chi connectivity index (χ1n) is 6.56. The van der Waals surface area contributed by atoms with Gasteiger partial charge in [0.1, 0.15) is 0 Å². The van der Waals surface area contributed by atoms with Crippen LogP contribution in [0.3, 0.4) is 0 Å². The van der Waals surface area contributed by atoms with Crippen molar-refractivity contribution in [3.05, 3.63) is 48.0 Å². The average molecular weight is 257 g/mol. The van der Waals surface area contributed by atoms with E-state index in [0.29, 0.717) is 0 Å². The molecular weight excluding hydrogens is 238 g/mol. The van der Waals surface area contributed by atoms with Gasteiger partial charge in [-0.05, 0) is 28.8 Å². The molecule has 0 spiro atoms. The number of carboxylic acids is 1. The van der Waals surface area contributed by atoms with Crippen molar-refractivity contribution in [3.63, 3.8) is 0 Å². The molecule has 0 heterocycles. The Hall–Kier alpha value is -1.87.